The Labute approximate surface area is 198 Å². The lowest BCUT2D eigenvalue weighted by atomic mass is 9.96. The van der Waals surface area contributed by atoms with Gasteiger partial charge in [-0.05, 0) is 38.2 Å². The second-order valence-electron chi connectivity index (χ2n) is 8.56. The topological polar surface area (TPSA) is 68.8 Å². The third-order valence-corrected chi connectivity index (χ3v) is 5.98. The van der Waals surface area contributed by atoms with Gasteiger partial charge in [0, 0.05) is 43.7 Å². The highest BCUT2D eigenvalue weighted by Crippen LogP contribution is 2.36. The third kappa shape index (κ3) is 7.11. The van der Waals surface area contributed by atoms with Crippen LogP contribution in [0, 0.1) is 5.92 Å². The molecule has 2 heterocycles. The lowest BCUT2D eigenvalue weighted by molar-refractivity contribution is -0.123. The molecule has 0 spiro atoms. The molecular weight excluding hydrogens is 489 g/mol. The average Bonchev–Trinajstić information content (AvgIpc) is 2.94. The molecule has 168 valence electrons. The predicted molar refractivity (Wildman–Crippen MR) is 134 cm³/mol. The second kappa shape index (κ2) is 12.5. The van der Waals surface area contributed by atoms with E-state index in [-0.39, 0.29) is 35.8 Å². The van der Waals surface area contributed by atoms with E-state index in [1.165, 1.54) is 18.4 Å². The monoisotopic (exact) mass is 527 g/mol. The summed E-state index contributed by atoms with van der Waals surface area (Å²) in [6.07, 6.45) is 4.92. The molecule has 3 N–H and O–H groups in total. The number of hydrogen-bond acceptors (Lipinski definition) is 3. The van der Waals surface area contributed by atoms with Crippen molar-refractivity contribution in [3.05, 3.63) is 35.9 Å². The molecule has 1 aromatic carbocycles. The van der Waals surface area contributed by atoms with Gasteiger partial charge < -0.3 is 16.0 Å². The van der Waals surface area contributed by atoms with Crippen molar-refractivity contribution in [2.24, 2.45) is 10.9 Å². The van der Waals surface area contributed by atoms with Crippen molar-refractivity contribution in [1.29, 1.82) is 0 Å². The zero-order chi connectivity index (χ0) is 20.6. The van der Waals surface area contributed by atoms with Gasteiger partial charge in [0.05, 0.1) is 6.54 Å². The number of piperidine rings is 1. The zero-order valence-electron chi connectivity index (χ0n) is 18.6. The van der Waals surface area contributed by atoms with Gasteiger partial charge >= 0.3 is 0 Å². The number of amides is 1. The lowest BCUT2D eigenvalue weighted by Gasteiger charge is -2.39. The highest BCUT2D eigenvalue weighted by molar-refractivity contribution is 14.0. The van der Waals surface area contributed by atoms with E-state index in [4.69, 9.17) is 0 Å². The maximum Gasteiger partial charge on any atom is 0.222 e. The number of rotatable bonds is 8. The van der Waals surface area contributed by atoms with Crippen LogP contribution in [-0.4, -0.2) is 54.5 Å². The Morgan fingerprint density at radius 2 is 1.80 bits per heavy atom. The van der Waals surface area contributed by atoms with Crippen LogP contribution < -0.4 is 16.0 Å². The smallest absolute Gasteiger partial charge is 0.222 e. The molecule has 2 fully saturated rings. The molecule has 2 unspecified atom stereocenters. The Bertz CT molecular complexity index is 667. The van der Waals surface area contributed by atoms with Crippen LogP contribution in [0.1, 0.15) is 52.0 Å². The molecule has 30 heavy (non-hydrogen) atoms. The van der Waals surface area contributed by atoms with E-state index in [2.05, 4.69) is 63.1 Å². The van der Waals surface area contributed by atoms with Crippen LogP contribution in [0.15, 0.2) is 35.3 Å². The van der Waals surface area contributed by atoms with Gasteiger partial charge in [0.15, 0.2) is 5.96 Å². The van der Waals surface area contributed by atoms with E-state index in [9.17, 15) is 4.79 Å². The molecule has 1 aromatic rings. The number of guanidine groups is 1. The average molecular weight is 527 g/mol. The molecule has 2 aliphatic rings. The zero-order valence-corrected chi connectivity index (χ0v) is 20.9. The van der Waals surface area contributed by atoms with E-state index in [0.717, 1.165) is 31.9 Å². The fraction of sp³-hybridized carbons (Fsp3) is 0.652. The second-order valence-corrected chi connectivity index (χ2v) is 8.56. The highest BCUT2D eigenvalue weighted by atomic mass is 127. The first-order valence-corrected chi connectivity index (χ1v) is 11.2. The largest absolute Gasteiger partial charge is 0.357 e. The molecule has 0 radical (unpaired) electrons. The maximum absolute atomic E-state index is 11.7. The number of benzene rings is 1. The first-order valence-electron chi connectivity index (χ1n) is 11.2. The molecule has 1 amide bonds. The molecule has 2 bridgehead atoms. The van der Waals surface area contributed by atoms with E-state index in [1.807, 2.05) is 13.8 Å². The number of carbonyl (C=O) groups is 1. The van der Waals surface area contributed by atoms with Gasteiger partial charge in [-0.3, -0.25) is 14.7 Å². The highest BCUT2D eigenvalue weighted by Gasteiger charge is 2.40. The van der Waals surface area contributed by atoms with Gasteiger partial charge in [0.25, 0.3) is 0 Å². The Morgan fingerprint density at radius 3 is 2.40 bits per heavy atom. The molecule has 7 heteroatoms. The summed E-state index contributed by atoms with van der Waals surface area (Å²) in [6.45, 7) is 8.97. The van der Waals surface area contributed by atoms with Crippen molar-refractivity contribution in [1.82, 2.24) is 20.9 Å². The number of aliphatic imine (C=N–C) groups is 1. The van der Waals surface area contributed by atoms with Crippen molar-refractivity contribution in [3.8, 4) is 0 Å². The Kier molecular flexibility index (Phi) is 10.4. The van der Waals surface area contributed by atoms with Crippen LogP contribution in [0.5, 0.6) is 0 Å². The third-order valence-electron chi connectivity index (χ3n) is 5.98. The number of nitrogens with one attached hydrogen (secondary N) is 3. The van der Waals surface area contributed by atoms with Crippen LogP contribution in [0.4, 0.5) is 0 Å². The maximum atomic E-state index is 11.7. The first-order chi connectivity index (χ1) is 14.1. The summed E-state index contributed by atoms with van der Waals surface area (Å²) in [5.41, 5.74) is 1.41. The molecule has 0 saturated carbocycles. The van der Waals surface area contributed by atoms with Crippen LogP contribution in [-0.2, 0) is 11.3 Å². The quantitative estimate of drug-likeness (QED) is 0.210. The molecular formula is C23H38IN5O. The normalized spacial score (nSPS) is 23.7. The van der Waals surface area contributed by atoms with Gasteiger partial charge in [-0.2, -0.15) is 0 Å². The number of carbonyl (C=O) groups excluding carboxylic acids is 1. The summed E-state index contributed by atoms with van der Waals surface area (Å²) in [4.78, 5) is 19.0. The standard InChI is InChI=1S/C23H37N5O.HI/c1-4-24-23(26-13-12-25-22(29)17(2)3)27-19-14-20-10-11-21(15-19)28(20)16-18-8-6-5-7-9-18;/h5-9,17,19-21H,4,10-16H2,1-3H3,(H,25,29)(H2,24,26,27);1H. The Balaban J connectivity index is 0.00000320. The number of fused-ring (bicyclic) bond motifs is 2. The van der Waals surface area contributed by atoms with Crippen molar-refractivity contribution < 1.29 is 4.79 Å². The van der Waals surface area contributed by atoms with Gasteiger partial charge in [0.1, 0.15) is 0 Å². The first kappa shape index (κ1) is 24.9. The number of nitrogens with zero attached hydrogens (tertiary/aromatic N) is 2. The van der Waals surface area contributed by atoms with Gasteiger partial charge in [-0.1, -0.05) is 44.2 Å². The van der Waals surface area contributed by atoms with Crippen molar-refractivity contribution in [2.45, 2.75) is 71.1 Å². The van der Waals surface area contributed by atoms with E-state index < -0.39 is 0 Å². The minimum absolute atomic E-state index is 0. The van der Waals surface area contributed by atoms with Crippen molar-refractivity contribution in [2.75, 3.05) is 19.6 Å². The predicted octanol–water partition coefficient (Wildman–Crippen LogP) is 3.13. The molecule has 0 aromatic heterocycles. The van der Waals surface area contributed by atoms with E-state index >= 15 is 0 Å². The van der Waals surface area contributed by atoms with Crippen LogP contribution in [0.2, 0.25) is 0 Å². The lowest BCUT2D eigenvalue weighted by Crippen LogP contribution is -2.52. The molecule has 2 atom stereocenters. The van der Waals surface area contributed by atoms with E-state index in [1.54, 1.807) is 0 Å². The summed E-state index contributed by atoms with van der Waals surface area (Å²) in [7, 11) is 0. The fourth-order valence-electron chi connectivity index (χ4n) is 4.51. The Hall–Kier alpha value is -1.35. The van der Waals surface area contributed by atoms with Crippen LogP contribution in [0.25, 0.3) is 0 Å². The summed E-state index contributed by atoms with van der Waals surface area (Å²) in [6, 6.07) is 12.6. The fourth-order valence-corrected chi connectivity index (χ4v) is 4.51. The van der Waals surface area contributed by atoms with Crippen molar-refractivity contribution >= 4 is 35.8 Å². The molecule has 0 aliphatic carbocycles. The Morgan fingerprint density at radius 1 is 1.13 bits per heavy atom. The molecule has 2 saturated heterocycles. The summed E-state index contributed by atoms with van der Waals surface area (Å²) in [5.74, 6) is 0.967. The van der Waals surface area contributed by atoms with Gasteiger partial charge in [-0.25, -0.2) is 0 Å². The minimum Gasteiger partial charge on any atom is -0.357 e. The SMILES string of the molecule is CCNC(=NCCNC(=O)C(C)C)NC1CC2CCC(C1)N2Cc1ccccc1.I. The molecule has 2 aliphatic heterocycles. The summed E-state index contributed by atoms with van der Waals surface area (Å²) >= 11 is 0. The van der Waals surface area contributed by atoms with Crippen LogP contribution >= 0.6 is 24.0 Å². The molecule has 3 rings (SSSR count). The minimum atomic E-state index is 0. The summed E-state index contributed by atoms with van der Waals surface area (Å²) in [5, 5.41) is 9.94. The van der Waals surface area contributed by atoms with Crippen molar-refractivity contribution in [3.63, 3.8) is 0 Å². The molecule has 6 nitrogen and oxygen atoms in total. The number of halogens is 1. The van der Waals surface area contributed by atoms with Crippen LogP contribution in [0.3, 0.4) is 0 Å². The number of hydrogen-bond donors (Lipinski definition) is 3. The van der Waals surface area contributed by atoms with Gasteiger partial charge in [-0.15, -0.1) is 24.0 Å². The summed E-state index contributed by atoms with van der Waals surface area (Å²) < 4.78 is 0. The van der Waals surface area contributed by atoms with E-state index in [0.29, 0.717) is 31.2 Å². The van der Waals surface area contributed by atoms with Gasteiger partial charge in [0.2, 0.25) is 5.91 Å².